The molecule has 5 nitrogen and oxygen atoms in total. The number of halogens is 2. The van der Waals surface area contributed by atoms with E-state index in [1.54, 1.807) is 25.1 Å². The van der Waals surface area contributed by atoms with Gasteiger partial charge in [-0.2, -0.15) is 0 Å². The van der Waals surface area contributed by atoms with Crippen LogP contribution in [0.5, 0.6) is 5.75 Å². The third kappa shape index (κ3) is 3.62. The van der Waals surface area contributed by atoms with Crippen LogP contribution in [0.4, 0.5) is 0 Å². The molecule has 1 aliphatic heterocycles. The lowest BCUT2D eigenvalue weighted by molar-refractivity contribution is 0.0152. The molecular formula is C13H15Cl2NO4S. The van der Waals surface area contributed by atoms with Gasteiger partial charge < -0.3 is 9.57 Å². The second-order valence-electron chi connectivity index (χ2n) is 5.06. The van der Waals surface area contributed by atoms with Crippen LogP contribution in [-0.2, 0) is 20.4 Å². The fraction of sp³-hybridized carbons (Fsp3) is 0.462. The first kappa shape index (κ1) is 16.4. The summed E-state index contributed by atoms with van der Waals surface area (Å²) < 4.78 is 29.8. The van der Waals surface area contributed by atoms with E-state index in [0.29, 0.717) is 16.3 Å². The second-order valence-corrected chi connectivity index (χ2v) is 7.73. The van der Waals surface area contributed by atoms with Crippen LogP contribution >= 0.6 is 23.2 Å². The van der Waals surface area contributed by atoms with Crippen LogP contribution in [0.15, 0.2) is 23.4 Å². The Morgan fingerprint density at radius 3 is 2.76 bits per heavy atom. The van der Waals surface area contributed by atoms with E-state index < -0.39 is 15.4 Å². The van der Waals surface area contributed by atoms with E-state index in [2.05, 4.69) is 5.16 Å². The monoisotopic (exact) mass is 351 g/mol. The standard InChI is InChI=1S/C13H15Cl2NO4S/c1-13(8-14)6-12(16-20-13)21(17,18)7-9-3-4-10(15)11(5-9)19-2/h3-5H,6-8H2,1-2H3. The summed E-state index contributed by atoms with van der Waals surface area (Å²) in [6.07, 6.45) is 0.170. The Balaban J connectivity index is 2.19. The van der Waals surface area contributed by atoms with Crippen LogP contribution in [0.1, 0.15) is 18.9 Å². The second kappa shape index (κ2) is 6.02. The van der Waals surface area contributed by atoms with Crippen molar-refractivity contribution in [3.63, 3.8) is 0 Å². The molecule has 0 amide bonds. The molecule has 1 aliphatic rings. The number of hydrogen-bond acceptors (Lipinski definition) is 5. The van der Waals surface area contributed by atoms with Gasteiger partial charge in [-0.1, -0.05) is 22.8 Å². The first-order chi connectivity index (χ1) is 9.79. The zero-order valence-electron chi connectivity index (χ0n) is 11.6. The molecule has 0 bridgehead atoms. The van der Waals surface area contributed by atoms with Gasteiger partial charge in [0.15, 0.2) is 20.5 Å². The number of oxime groups is 1. The number of sulfone groups is 1. The Morgan fingerprint density at radius 2 is 2.19 bits per heavy atom. The summed E-state index contributed by atoms with van der Waals surface area (Å²) in [5, 5.41) is 4.11. The minimum Gasteiger partial charge on any atom is -0.495 e. The van der Waals surface area contributed by atoms with E-state index in [0.717, 1.165) is 0 Å². The maximum Gasteiger partial charge on any atom is 0.199 e. The van der Waals surface area contributed by atoms with E-state index in [1.165, 1.54) is 7.11 Å². The molecule has 8 heteroatoms. The van der Waals surface area contributed by atoms with E-state index in [4.69, 9.17) is 32.8 Å². The minimum atomic E-state index is -3.56. The molecule has 21 heavy (non-hydrogen) atoms. The quantitative estimate of drug-likeness (QED) is 0.782. The molecule has 1 aromatic rings. The van der Waals surface area contributed by atoms with E-state index >= 15 is 0 Å². The van der Waals surface area contributed by atoms with E-state index in [-0.39, 0.29) is 23.1 Å². The van der Waals surface area contributed by atoms with Crippen LogP contribution in [-0.4, -0.2) is 32.1 Å². The molecule has 0 fully saturated rings. The number of ether oxygens (including phenoxy) is 1. The van der Waals surface area contributed by atoms with Gasteiger partial charge in [0.2, 0.25) is 0 Å². The fourth-order valence-corrected chi connectivity index (χ4v) is 3.68. The van der Waals surface area contributed by atoms with Crippen molar-refractivity contribution < 1.29 is 18.0 Å². The Hall–Kier alpha value is -0.980. The summed E-state index contributed by atoms with van der Waals surface area (Å²) in [5.41, 5.74) is -0.194. The fourth-order valence-electron chi connectivity index (χ4n) is 1.88. The first-order valence-corrected chi connectivity index (χ1v) is 8.72. The van der Waals surface area contributed by atoms with Gasteiger partial charge >= 0.3 is 0 Å². The highest BCUT2D eigenvalue weighted by atomic mass is 35.5. The average Bonchev–Trinajstić information content (AvgIpc) is 2.85. The van der Waals surface area contributed by atoms with Gasteiger partial charge in [0.1, 0.15) is 5.75 Å². The molecule has 0 radical (unpaired) electrons. The van der Waals surface area contributed by atoms with Crippen LogP contribution in [0, 0.1) is 0 Å². The molecule has 2 rings (SSSR count). The lowest BCUT2D eigenvalue weighted by Gasteiger charge is -2.16. The van der Waals surface area contributed by atoms with E-state index in [1.807, 2.05) is 0 Å². The van der Waals surface area contributed by atoms with Gasteiger partial charge in [0.05, 0.1) is 23.8 Å². The van der Waals surface area contributed by atoms with Gasteiger partial charge in [0, 0.05) is 6.42 Å². The Bertz CT molecular complexity index is 675. The van der Waals surface area contributed by atoms with Gasteiger partial charge in [-0.15, -0.1) is 11.6 Å². The lowest BCUT2D eigenvalue weighted by Crippen LogP contribution is -2.28. The van der Waals surface area contributed by atoms with Crippen molar-refractivity contribution in [2.75, 3.05) is 13.0 Å². The molecular weight excluding hydrogens is 337 g/mol. The SMILES string of the molecule is COc1cc(CS(=O)(=O)C2=NOC(C)(CCl)C2)ccc1Cl. The summed E-state index contributed by atoms with van der Waals surface area (Å²) in [6.45, 7) is 1.72. The molecule has 1 unspecified atom stereocenters. The summed E-state index contributed by atoms with van der Waals surface area (Å²) >= 11 is 11.7. The average molecular weight is 352 g/mol. The third-order valence-corrected chi connectivity index (χ3v) is 5.63. The zero-order chi connectivity index (χ0) is 15.7. The largest absolute Gasteiger partial charge is 0.495 e. The summed E-state index contributed by atoms with van der Waals surface area (Å²) in [7, 11) is -2.09. The number of hydrogen-bond donors (Lipinski definition) is 0. The first-order valence-electron chi connectivity index (χ1n) is 6.16. The summed E-state index contributed by atoms with van der Waals surface area (Å²) in [6, 6.07) is 4.83. The highest BCUT2D eigenvalue weighted by Gasteiger charge is 2.39. The normalized spacial score (nSPS) is 21.8. The maximum atomic E-state index is 12.4. The van der Waals surface area contributed by atoms with Crippen molar-refractivity contribution in [3.05, 3.63) is 28.8 Å². The molecule has 0 saturated carbocycles. The predicted molar refractivity (Wildman–Crippen MR) is 82.9 cm³/mol. The number of benzene rings is 1. The maximum absolute atomic E-state index is 12.4. The van der Waals surface area contributed by atoms with Crippen LogP contribution in [0.3, 0.4) is 0 Å². The topological polar surface area (TPSA) is 65.0 Å². The summed E-state index contributed by atoms with van der Waals surface area (Å²) in [5.74, 6) is 0.408. The smallest absolute Gasteiger partial charge is 0.199 e. The molecule has 1 heterocycles. The van der Waals surface area contributed by atoms with Gasteiger partial charge in [-0.3, -0.25) is 0 Å². The number of nitrogens with zero attached hydrogens (tertiary/aromatic N) is 1. The molecule has 0 spiro atoms. The van der Waals surface area contributed by atoms with Crippen molar-refractivity contribution in [1.82, 2.24) is 0 Å². The van der Waals surface area contributed by atoms with Gasteiger partial charge in [-0.25, -0.2) is 8.42 Å². The molecule has 0 N–H and O–H groups in total. The molecule has 1 aromatic carbocycles. The van der Waals surface area contributed by atoms with E-state index in [9.17, 15) is 8.42 Å². The third-order valence-electron chi connectivity index (χ3n) is 3.11. The van der Waals surface area contributed by atoms with Crippen molar-refractivity contribution in [3.8, 4) is 5.75 Å². The van der Waals surface area contributed by atoms with Crippen molar-refractivity contribution in [2.24, 2.45) is 5.16 Å². The Morgan fingerprint density at radius 1 is 1.48 bits per heavy atom. The van der Waals surface area contributed by atoms with Crippen LogP contribution in [0.25, 0.3) is 0 Å². The van der Waals surface area contributed by atoms with Gasteiger partial charge in [-0.05, 0) is 24.6 Å². The minimum absolute atomic E-state index is 0.0135. The number of alkyl halides is 1. The van der Waals surface area contributed by atoms with Crippen molar-refractivity contribution in [1.29, 1.82) is 0 Å². The predicted octanol–water partition coefficient (Wildman–Crippen LogP) is 2.99. The molecule has 0 aromatic heterocycles. The summed E-state index contributed by atoms with van der Waals surface area (Å²) in [4.78, 5) is 5.12. The lowest BCUT2D eigenvalue weighted by atomic mass is 10.1. The van der Waals surface area contributed by atoms with Crippen molar-refractivity contribution in [2.45, 2.75) is 24.7 Å². The zero-order valence-corrected chi connectivity index (χ0v) is 13.9. The number of rotatable bonds is 4. The highest BCUT2D eigenvalue weighted by Crippen LogP contribution is 2.30. The molecule has 0 aliphatic carbocycles. The Labute approximate surface area is 133 Å². The van der Waals surface area contributed by atoms with Crippen LogP contribution < -0.4 is 4.74 Å². The van der Waals surface area contributed by atoms with Gasteiger partial charge in [0.25, 0.3) is 0 Å². The van der Waals surface area contributed by atoms with Crippen LogP contribution in [0.2, 0.25) is 5.02 Å². The molecule has 0 saturated heterocycles. The highest BCUT2D eigenvalue weighted by molar-refractivity contribution is 8.05. The number of methoxy groups -OCH3 is 1. The molecule has 116 valence electrons. The molecule has 1 atom stereocenters. The Kier molecular flexibility index (Phi) is 4.70. The van der Waals surface area contributed by atoms with Crippen molar-refractivity contribution >= 4 is 38.1 Å².